The van der Waals surface area contributed by atoms with E-state index in [9.17, 15) is 9.59 Å². The van der Waals surface area contributed by atoms with Crippen LogP contribution in [0.5, 0.6) is 11.5 Å². The maximum atomic E-state index is 12.8. The van der Waals surface area contributed by atoms with E-state index in [0.29, 0.717) is 35.7 Å². The van der Waals surface area contributed by atoms with Gasteiger partial charge in [0.05, 0.1) is 0 Å². The molecular formula is C20H21N3O4. The van der Waals surface area contributed by atoms with E-state index in [1.807, 2.05) is 29.2 Å². The maximum absolute atomic E-state index is 12.8. The van der Waals surface area contributed by atoms with Gasteiger partial charge in [-0.15, -0.1) is 0 Å². The van der Waals surface area contributed by atoms with E-state index in [1.54, 1.807) is 25.2 Å². The van der Waals surface area contributed by atoms with Crippen molar-refractivity contribution in [3.05, 3.63) is 53.6 Å². The first-order chi connectivity index (χ1) is 13.2. The molecule has 0 radical (unpaired) electrons. The Morgan fingerprint density at radius 3 is 2.26 bits per heavy atom. The Hall–Kier alpha value is -3.22. The number of fused-ring (bicyclic) bond motifs is 1. The molecule has 0 atom stereocenters. The fourth-order valence-corrected chi connectivity index (χ4v) is 3.35. The summed E-state index contributed by atoms with van der Waals surface area (Å²) < 4.78 is 10.6. The number of hydrogen-bond acceptors (Lipinski definition) is 5. The van der Waals surface area contributed by atoms with Gasteiger partial charge in [0.1, 0.15) is 0 Å². The van der Waals surface area contributed by atoms with E-state index in [-0.39, 0.29) is 18.6 Å². The average molecular weight is 367 g/mol. The van der Waals surface area contributed by atoms with Crippen LogP contribution < -0.4 is 19.7 Å². The molecule has 2 heterocycles. The third kappa shape index (κ3) is 3.40. The summed E-state index contributed by atoms with van der Waals surface area (Å²) in [7, 11) is 1.62. The van der Waals surface area contributed by atoms with Crippen LogP contribution in [0.4, 0.5) is 5.69 Å². The van der Waals surface area contributed by atoms with Crippen LogP contribution >= 0.6 is 0 Å². The number of piperazine rings is 1. The molecular weight excluding hydrogens is 346 g/mol. The van der Waals surface area contributed by atoms with Crippen molar-refractivity contribution in [3.63, 3.8) is 0 Å². The second-order valence-corrected chi connectivity index (χ2v) is 6.47. The molecule has 27 heavy (non-hydrogen) atoms. The average Bonchev–Trinajstić information content (AvgIpc) is 3.21. The summed E-state index contributed by atoms with van der Waals surface area (Å²) in [6.07, 6.45) is 0. The Morgan fingerprint density at radius 1 is 0.889 bits per heavy atom. The summed E-state index contributed by atoms with van der Waals surface area (Å²) in [6, 6.07) is 12.8. The van der Waals surface area contributed by atoms with Crippen LogP contribution in [0.15, 0.2) is 42.5 Å². The zero-order valence-electron chi connectivity index (χ0n) is 15.1. The molecule has 4 rings (SSSR count). The largest absolute Gasteiger partial charge is 0.454 e. The number of anilines is 1. The zero-order valence-corrected chi connectivity index (χ0v) is 15.1. The van der Waals surface area contributed by atoms with Crippen molar-refractivity contribution in [1.29, 1.82) is 0 Å². The number of nitrogens with zero attached hydrogens (tertiary/aromatic N) is 2. The molecule has 1 fully saturated rings. The van der Waals surface area contributed by atoms with Gasteiger partial charge in [-0.25, -0.2) is 0 Å². The molecule has 7 heteroatoms. The van der Waals surface area contributed by atoms with Gasteiger partial charge in [-0.2, -0.15) is 0 Å². The monoisotopic (exact) mass is 367 g/mol. The lowest BCUT2D eigenvalue weighted by Crippen LogP contribution is -2.48. The number of carbonyl (C=O) groups is 2. The van der Waals surface area contributed by atoms with Crippen LogP contribution in [0.3, 0.4) is 0 Å². The minimum Gasteiger partial charge on any atom is -0.454 e. The first-order valence-electron chi connectivity index (χ1n) is 8.92. The lowest BCUT2D eigenvalue weighted by atomic mass is 10.1. The van der Waals surface area contributed by atoms with Crippen LogP contribution in [0, 0.1) is 0 Å². The second-order valence-electron chi connectivity index (χ2n) is 6.47. The van der Waals surface area contributed by atoms with E-state index in [0.717, 1.165) is 18.8 Å². The molecule has 0 saturated carbocycles. The van der Waals surface area contributed by atoms with Crippen molar-refractivity contribution in [2.24, 2.45) is 0 Å². The maximum Gasteiger partial charge on any atom is 0.254 e. The van der Waals surface area contributed by atoms with E-state index in [1.165, 1.54) is 0 Å². The highest BCUT2D eigenvalue weighted by atomic mass is 16.7. The molecule has 0 aliphatic carbocycles. The molecule has 140 valence electrons. The van der Waals surface area contributed by atoms with Crippen LogP contribution in [-0.2, 0) is 0 Å². The van der Waals surface area contributed by atoms with Crippen LogP contribution in [0.25, 0.3) is 0 Å². The van der Waals surface area contributed by atoms with E-state index >= 15 is 0 Å². The topological polar surface area (TPSA) is 71.1 Å². The normalized spacial score (nSPS) is 15.6. The first-order valence-corrected chi connectivity index (χ1v) is 8.92. The second kappa shape index (κ2) is 7.19. The molecule has 2 aromatic carbocycles. The van der Waals surface area contributed by atoms with Crippen molar-refractivity contribution in [3.8, 4) is 11.5 Å². The van der Waals surface area contributed by atoms with E-state index in [4.69, 9.17) is 9.47 Å². The van der Waals surface area contributed by atoms with Gasteiger partial charge in [0.25, 0.3) is 11.8 Å². The van der Waals surface area contributed by atoms with Gasteiger partial charge in [0.15, 0.2) is 11.5 Å². The van der Waals surface area contributed by atoms with Gasteiger partial charge in [-0.05, 0) is 42.5 Å². The van der Waals surface area contributed by atoms with E-state index < -0.39 is 0 Å². The molecule has 2 aliphatic heterocycles. The SMILES string of the molecule is CNC(=O)c1ccc(N2CCN(C(=O)c3ccc4c(c3)OCO4)CC2)cc1. The summed E-state index contributed by atoms with van der Waals surface area (Å²) in [5.41, 5.74) is 2.30. The molecule has 0 bridgehead atoms. The van der Waals surface area contributed by atoms with Crippen LogP contribution in [0.1, 0.15) is 20.7 Å². The molecule has 2 aliphatic rings. The van der Waals surface area contributed by atoms with Gasteiger partial charge in [0, 0.05) is 50.0 Å². The predicted octanol–water partition coefficient (Wildman–Crippen LogP) is 1.74. The predicted molar refractivity (Wildman–Crippen MR) is 101 cm³/mol. The number of nitrogens with one attached hydrogen (secondary N) is 1. The Morgan fingerprint density at radius 2 is 1.56 bits per heavy atom. The van der Waals surface area contributed by atoms with E-state index in [2.05, 4.69) is 10.2 Å². The third-order valence-corrected chi connectivity index (χ3v) is 4.91. The fourth-order valence-electron chi connectivity index (χ4n) is 3.35. The minimum atomic E-state index is -0.0966. The van der Waals surface area contributed by atoms with Gasteiger partial charge in [0.2, 0.25) is 6.79 Å². The van der Waals surface area contributed by atoms with Crippen molar-refractivity contribution < 1.29 is 19.1 Å². The number of amides is 2. The Balaban J connectivity index is 1.38. The molecule has 1 N–H and O–H groups in total. The molecule has 1 saturated heterocycles. The summed E-state index contributed by atoms with van der Waals surface area (Å²) >= 11 is 0. The standard InChI is InChI=1S/C20H21N3O4/c1-21-19(24)14-2-5-16(6-3-14)22-8-10-23(11-9-22)20(25)15-4-7-17-18(12-15)27-13-26-17/h2-7,12H,8-11,13H2,1H3,(H,21,24). The van der Waals surface area contributed by atoms with Gasteiger partial charge in [-0.1, -0.05) is 0 Å². The van der Waals surface area contributed by atoms with Crippen molar-refractivity contribution in [2.75, 3.05) is 44.9 Å². The van der Waals surface area contributed by atoms with Crippen molar-refractivity contribution >= 4 is 17.5 Å². The fraction of sp³-hybridized carbons (Fsp3) is 0.300. The number of ether oxygens (including phenoxy) is 2. The van der Waals surface area contributed by atoms with Gasteiger partial charge < -0.3 is 24.6 Å². The third-order valence-electron chi connectivity index (χ3n) is 4.91. The molecule has 0 aromatic heterocycles. The summed E-state index contributed by atoms with van der Waals surface area (Å²) in [4.78, 5) is 28.5. The Labute approximate surface area is 157 Å². The lowest BCUT2D eigenvalue weighted by molar-refractivity contribution is 0.0746. The smallest absolute Gasteiger partial charge is 0.254 e. The molecule has 0 spiro atoms. The number of hydrogen-bond donors (Lipinski definition) is 1. The van der Waals surface area contributed by atoms with Gasteiger partial charge in [-0.3, -0.25) is 9.59 Å². The van der Waals surface area contributed by atoms with Crippen molar-refractivity contribution in [2.45, 2.75) is 0 Å². The summed E-state index contributed by atoms with van der Waals surface area (Å²) in [6.45, 7) is 2.98. The lowest BCUT2D eigenvalue weighted by Gasteiger charge is -2.36. The van der Waals surface area contributed by atoms with Gasteiger partial charge >= 0.3 is 0 Å². The number of benzene rings is 2. The highest BCUT2D eigenvalue weighted by Crippen LogP contribution is 2.33. The number of rotatable bonds is 3. The van der Waals surface area contributed by atoms with Crippen LogP contribution in [0.2, 0.25) is 0 Å². The quantitative estimate of drug-likeness (QED) is 0.895. The Kier molecular flexibility index (Phi) is 4.58. The summed E-state index contributed by atoms with van der Waals surface area (Å²) in [5, 5.41) is 2.62. The number of carbonyl (C=O) groups excluding carboxylic acids is 2. The van der Waals surface area contributed by atoms with Crippen molar-refractivity contribution in [1.82, 2.24) is 10.2 Å². The minimum absolute atomic E-state index is 0.00270. The zero-order chi connectivity index (χ0) is 18.8. The molecule has 2 amide bonds. The molecule has 7 nitrogen and oxygen atoms in total. The van der Waals surface area contributed by atoms with Crippen LogP contribution in [-0.4, -0.2) is 56.7 Å². The first kappa shape index (κ1) is 17.2. The molecule has 2 aromatic rings. The highest BCUT2D eigenvalue weighted by Gasteiger charge is 2.24. The highest BCUT2D eigenvalue weighted by molar-refractivity contribution is 5.95. The Bertz CT molecular complexity index is 858. The molecule has 0 unspecified atom stereocenters. The summed E-state index contributed by atoms with van der Waals surface area (Å²) in [5.74, 6) is 1.20.